The van der Waals surface area contributed by atoms with E-state index in [9.17, 15) is 4.39 Å². The topological polar surface area (TPSA) is 52.4 Å². The summed E-state index contributed by atoms with van der Waals surface area (Å²) in [6, 6.07) is 10.6. The maximum atomic E-state index is 13.5. The highest BCUT2D eigenvalue weighted by atomic mass is 19.1. The predicted octanol–water partition coefficient (Wildman–Crippen LogP) is 2.43. The summed E-state index contributed by atoms with van der Waals surface area (Å²) in [6.07, 6.45) is 1.73. The Morgan fingerprint density at radius 3 is 2.30 bits per heavy atom. The van der Waals surface area contributed by atoms with Crippen LogP contribution in [0.4, 0.5) is 15.8 Å². The van der Waals surface area contributed by atoms with Gasteiger partial charge >= 0.3 is 0 Å². The summed E-state index contributed by atoms with van der Waals surface area (Å²) in [7, 11) is 1.47. The van der Waals surface area contributed by atoms with Crippen molar-refractivity contribution in [1.82, 2.24) is 4.98 Å². The largest absolute Gasteiger partial charge is 0.494 e. The van der Waals surface area contributed by atoms with Gasteiger partial charge in [0, 0.05) is 37.9 Å². The van der Waals surface area contributed by atoms with Crippen LogP contribution in [0.25, 0.3) is 0 Å². The number of rotatable bonds is 3. The Morgan fingerprint density at radius 1 is 1.09 bits per heavy atom. The zero-order valence-electron chi connectivity index (χ0n) is 12.9. The molecule has 0 radical (unpaired) electrons. The molecule has 23 heavy (non-hydrogen) atoms. The molecule has 0 bridgehead atoms. The van der Waals surface area contributed by atoms with Gasteiger partial charge in [-0.2, -0.15) is 5.26 Å². The minimum Gasteiger partial charge on any atom is -0.494 e. The van der Waals surface area contributed by atoms with Crippen molar-refractivity contribution < 1.29 is 9.13 Å². The molecular weight excluding hydrogens is 295 g/mol. The van der Waals surface area contributed by atoms with Crippen LogP contribution in [0.1, 0.15) is 5.69 Å². The number of aromatic nitrogens is 1. The van der Waals surface area contributed by atoms with Gasteiger partial charge in [-0.3, -0.25) is 0 Å². The first-order valence-electron chi connectivity index (χ1n) is 7.41. The summed E-state index contributed by atoms with van der Waals surface area (Å²) in [5.74, 6) is -0.0836. The van der Waals surface area contributed by atoms with Crippen molar-refractivity contribution in [2.24, 2.45) is 0 Å². The molecule has 5 nitrogen and oxygen atoms in total. The van der Waals surface area contributed by atoms with E-state index in [2.05, 4.69) is 14.8 Å². The standard InChI is InChI=1S/C17H17FN4O/c1-23-17-10-14(4-5-16(17)18)21-6-8-22(9-7-21)15-3-2-13(11-19)20-12-15/h2-5,10,12H,6-9H2,1H3. The number of benzene rings is 1. The van der Waals surface area contributed by atoms with Gasteiger partial charge in [-0.15, -0.1) is 0 Å². The number of pyridine rings is 1. The third-order valence-corrected chi connectivity index (χ3v) is 4.01. The highest BCUT2D eigenvalue weighted by molar-refractivity contribution is 5.54. The molecule has 0 saturated carbocycles. The van der Waals surface area contributed by atoms with Crippen molar-refractivity contribution >= 4 is 11.4 Å². The average molecular weight is 312 g/mol. The zero-order valence-corrected chi connectivity index (χ0v) is 12.9. The van der Waals surface area contributed by atoms with Gasteiger partial charge in [-0.1, -0.05) is 0 Å². The first-order valence-corrected chi connectivity index (χ1v) is 7.41. The van der Waals surface area contributed by atoms with Crippen LogP contribution in [-0.2, 0) is 0 Å². The lowest BCUT2D eigenvalue weighted by atomic mass is 10.2. The fourth-order valence-electron chi connectivity index (χ4n) is 2.71. The van der Waals surface area contributed by atoms with Crippen LogP contribution < -0.4 is 14.5 Å². The minimum atomic E-state index is -0.349. The first kappa shape index (κ1) is 15.1. The minimum absolute atomic E-state index is 0.265. The predicted molar refractivity (Wildman–Crippen MR) is 86.3 cm³/mol. The summed E-state index contributed by atoms with van der Waals surface area (Å²) in [5.41, 5.74) is 2.40. The molecule has 2 heterocycles. The monoisotopic (exact) mass is 312 g/mol. The molecular formula is C17H17FN4O. The Balaban J connectivity index is 1.67. The van der Waals surface area contributed by atoms with Gasteiger partial charge in [0.1, 0.15) is 11.8 Å². The van der Waals surface area contributed by atoms with Gasteiger partial charge in [0.15, 0.2) is 11.6 Å². The Kier molecular flexibility index (Phi) is 4.29. The lowest BCUT2D eigenvalue weighted by molar-refractivity contribution is 0.386. The number of nitriles is 1. The third kappa shape index (κ3) is 3.19. The van der Waals surface area contributed by atoms with Crippen LogP contribution in [0, 0.1) is 17.1 Å². The molecule has 0 amide bonds. The molecule has 3 rings (SSSR count). The van der Waals surface area contributed by atoms with Crippen LogP contribution in [0.5, 0.6) is 5.75 Å². The van der Waals surface area contributed by atoms with Gasteiger partial charge in [0.05, 0.1) is 19.0 Å². The fraction of sp³-hybridized carbons (Fsp3) is 0.294. The lowest BCUT2D eigenvalue weighted by Crippen LogP contribution is -2.46. The van der Waals surface area contributed by atoms with Gasteiger partial charge in [-0.25, -0.2) is 9.37 Å². The van der Waals surface area contributed by atoms with Gasteiger partial charge in [-0.05, 0) is 24.3 Å². The van der Waals surface area contributed by atoms with Crippen molar-refractivity contribution in [2.45, 2.75) is 0 Å². The Morgan fingerprint density at radius 2 is 1.74 bits per heavy atom. The average Bonchev–Trinajstić information content (AvgIpc) is 2.62. The number of hydrogen-bond acceptors (Lipinski definition) is 5. The molecule has 1 saturated heterocycles. The van der Waals surface area contributed by atoms with E-state index in [1.165, 1.54) is 13.2 Å². The van der Waals surface area contributed by atoms with Crippen LogP contribution in [0.3, 0.4) is 0 Å². The maximum Gasteiger partial charge on any atom is 0.165 e. The Bertz CT molecular complexity index is 718. The zero-order chi connectivity index (χ0) is 16.2. The molecule has 1 aliphatic heterocycles. The molecule has 2 aromatic rings. The second-order valence-corrected chi connectivity index (χ2v) is 5.31. The number of ether oxygens (including phenoxy) is 1. The van der Waals surface area contributed by atoms with E-state index in [4.69, 9.17) is 10.00 Å². The number of nitrogens with zero attached hydrogens (tertiary/aromatic N) is 4. The van der Waals surface area contributed by atoms with Crippen molar-refractivity contribution in [3.8, 4) is 11.8 Å². The first-order chi connectivity index (χ1) is 11.2. The number of anilines is 2. The molecule has 0 aliphatic carbocycles. The normalized spacial score (nSPS) is 14.5. The second kappa shape index (κ2) is 6.53. The van der Waals surface area contributed by atoms with Crippen LogP contribution in [0.15, 0.2) is 36.5 Å². The van der Waals surface area contributed by atoms with Crippen LogP contribution >= 0.6 is 0 Å². The molecule has 0 atom stereocenters. The van der Waals surface area contributed by atoms with Crippen LogP contribution in [-0.4, -0.2) is 38.3 Å². The lowest BCUT2D eigenvalue weighted by Gasteiger charge is -2.37. The molecule has 1 aromatic heterocycles. The van der Waals surface area contributed by atoms with E-state index in [1.54, 1.807) is 24.4 Å². The molecule has 0 N–H and O–H groups in total. The molecule has 0 spiro atoms. The van der Waals surface area contributed by atoms with Crippen molar-refractivity contribution in [3.63, 3.8) is 0 Å². The number of piperazine rings is 1. The van der Waals surface area contributed by atoms with E-state index in [1.807, 2.05) is 12.1 Å². The number of hydrogen-bond donors (Lipinski definition) is 0. The second-order valence-electron chi connectivity index (χ2n) is 5.31. The number of halogens is 1. The highest BCUT2D eigenvalue weighted by Gasteiger charge is 2.19. The molecule has 0 unspecified atom stereocenters. The van der Waals surface area contributed by atoms with Crippen molar-refractivity contribution in [2.75, 3.05) is 43.1 Å². The summed E-state index contributed by atoms with van der Waals surface area (Å²) >= 11 is 0. The van der Waals surface area contributed by atoms with E-state index in [-0.39, 0.29) is 11.6 Å². The summed E-state index contributed by atoms with van der Waals surface area (Å²) in [6.45, 7) is 3.34. The maximum absolute atomic E-state index is 13.5. The molecule has 1 aromatic carbocycles. The van der Waals surface area contributed by atoms with E-state index in [0.717, 1.165) is 37.6 Å². The molecule has 1 aliphatic rings. The van der Waals surface area contributed by atoms with E-state index in [0.29, 0.717) is 5.69 Å². The summed E-state index contributed by atoms with van der Waals surface area (Å²) in [4.78, 5) is 8.54. The highest BCUT2D eigenvalue weighted by Crippen LogP contribution is 2.26. The molecule has 1 fully saturated rings. The van der Waals surface area contributed by atoms with E-state index < -0.39 is 0 Å². The fourth-order valence-corrected chi connectivity index (χ4v) is 2.71. The molecule has 6 heteroatoms. The summed E-state index contributed by atoms with van der Waals surface area (Å²) in [5, 5.41) is 8.79. The van der Waals surface area contributed by atoms with Gasteiger partial charge < -0.3 is 14.5 Å². The Labute approximate surface area is 134 Å². The summed E-state index contributed by atoms with van der Waals surface area (Å²) < 4.78 is 18.5. The third-order valence-electron chi connectivity index (χ3n) is 4.01. The number of methoxy groups -OCH3 is 1. The van der Waals surface area contributed by atoms with Gasteiger partial charge in [0.25, 0.3) is 0 Å². The van der Waals surface area contributed by atoms with E-state index >= 15 is 0 Å². The van der Waals surface area contributed by atoms with Crippen LogP contribution in [0.2, 0.25) is 0 Å². The van der Waals surface area contributed by atoms with Crippen molar-refractivity contribution in [1.29, 1.82) is 5.26 Å². The van der Waals surface area contributed by atoms with Crippen molar-refractivity contribution in [3.05, 3.63) is 48.0 Å². The quantitative estimate of drug-likeness (QED) is 0.871. The van der Waals surface area contributed by atoms with Gasteiger partial charge in [0.2, 0.25) is 0 Å². The molecule has 118 valence electrons. The smallest absolute Gasteiger partial charge is 0.165 e. The SMILES string of the molecule is COc1cc(N2CCN(c3ccc(C#N)nc3)CC2)ccc1F. The Hall–Kier alpha value is -2.81.